The highest BCUT2D eigenvalue weighted by Crippen LogP contribution is 2.36. The van der Waals surface area contributed by atoms with E-state index in [9.17, 15) is 33.2 Å². The number of nitrogens with two attached hydrogens (primary N) is 1. The van der Waals surface area contributed by atoms with Crippen LogP contribution in [0, 0.1) is 29.6 Å². The molecule has 16 heteroatoms. The van der Waals surface area contributed by atoms with Gasteiger partial charge in [0.2, 0.25) is 17.7 Å². The third kappa shape index (κ3) is 9.58. The lowest BCUT2D eigenvalue weighted by atomic mass is 9.82. The number of alkyl halides is 1. The average molecular weight is 900 g/mol. The number of carbonyl (C=O) groups excluding carboxylic acids is 6. The highest BCUT2D eigenvalue weighted by Gasteiger charge is 2.46. The largest absolute Gasteiger partial charge is 0.496 e. The average Bonchev–Trinajstić information content (AvgIpc) is 3.73. The van der Waals surface area contributed by atoms with Gasteiger partial charge >= 0.3 is 0 Å². The number of methoxy groups -OCH3 is 1. The summed E-state index contributed by atoms with van der Waals surface area (Å²) in [4.78, 5) is 83.1. The summed E-state index contributed by atoms with van der Waals surface area (Å²) >= 11 is 0. The van der Waals surface area contributed by atoms with Crippen molar-refractivity contribution in [3.05, 3.63) is 94.2 Å². The molecule has 344 valence electrons. The van der Waals surface area contributed by atoms with Crippen molar-refractivity contribution < 1.29 is 42.6 Å². The molecule has 1 unspecified atom stereocenters. The lowest BCUT2D eigenvalue weighted by molar-refractivity contribution is -0.136. The van der Waals surface area contributed by atoms with Crippen molar-refractivity contribution in [2.45, 2.75) is 83.1 Å². The smallest absolute Gasteiger partial charge is 0.264 e. The molecule has 66 heavy (non-hydrogen) atoms. The van der Waals surface area contributed by atoms with E-state index in [1.165, 1.54) is 12.7 Å². The highest BCUT2D eigenvalue weighted by molar-refractivity contribution is 6.25. The Balaban J connectivity index is 0.825. The number of nitrogens with zero attached hydrogens (tertiary/aromatic N) is 3. The third-order valence-corrected chi connectivity index (χ3v) is 13.3. The number of aromatic nitrogens is 1. The summed E-state index contributed by atoms with van der Waals surface area (Å²) in [6, 6.07) is 15.3. The molecular formula is C50H54FN7O8. The Morgan fingerprint density at radius 3 is 2.45 bits per heavy atom. The Labute approximate surface area is 382 Å². The molecule has 8 rings (SSSR count). The maximum absolute atomic E-state index is 14.5. The van der Waals surface area contributed by atoms with Crippen molar-refractivity contribution in [1.82, 2.24) is 25.4 Å². The van der Waals surface area contributed by atoms with Gasteiger partial charge < -0.3 is 30.7 Å². The summed E-state index contributed by atoms with van der Waals surface area (Å²) in [5.41, 5.74) is 9.87. The Bertz CT molecular complexity index is 2640. The van der Waals surface area contributed by atoms with Gasteiger partial charge in [-0.15, -0.1) is 0 Å². The molecule has 3 aromatic carbocycles. The van der Waals surface area contributed by atoms with Crippen LogP contribution >= 0.6 is 0 Å². The first kappa shape index (κ1) is 45.7. The van der Waals surface area contributed by atoms with Gasteiger partial charge in [-0.3, -0.25) is 39.0 Å². The third-order valence-electron chi connectivity index (χ3n) is 13.3. The van der Waals surface area contributed by atoms with Gasteiger partial charge in [-0.05, 0) is 93.3 Å². The summed E-state index contributed by atoms with van der Waals surface area (Å²) in [6.45, 7) is 4.14. The first-order valence-electron chi connectivity index (χ1n) is 22.6. The molecule has 0 radical (unpaired) electrons. The van der Waals surface area contributed by atoms with Crippen molar-refractivity contribution >= 4 is 51.9 Å². The molecule has 3 fully saturated rings. The van der Waals surface area contributed by atoms with E-state index in [1.54, 1.807) is 36.5 Å². The van der Waals surface area contributed by atoms with Crippen molar-refractivity contribution in [2.24, 2.45) is 23.5 Å². The van der Waals surface area contributed by atoms with Crippen molar-refractivity contribution in [3.63, 3.8) is 0 Å². The molecule has 4 atom stereocenters. The molecule has 4 aromatic rings. The lowest BCUT2D eigenvalue weighted by Crippen LogP contribution is -2.54. The maximum Gasteiger partial charge on any atom is 0.264 e. The molecule has 0 bridgehead atoms. The number of anilines is 1. The number of carbonyl (C=O) groups is 6. The number of ether oxygens (including phenoxy) is 2. The van der Waals surface area contributed by atoms with E-state index in [2.05, 4.69) is 69.0 Å². The first-order chi connectivity index (χ1) is 31.8. The van der Waals surface area contributed by atoms with Crippen LogP contribution < -0.4 is 31.2 Å². The lowest BCUT2D eigenvalue weighted by Gasteiger charge is -2.29. The topological polar surface area (TPSA) is 202 Å². The fourth-order valence-corrected chi connectivity index (χ4v) is 9.71. The zero-order valence-electron chi connectivity index (χ0n) is 37.3. The van der Waals surface area contributed by atoms with Crippen LogP contribution in [-0.2, 0) is 27.3 Å². The Hall–Kier alpha value is -6.86. The van der Waals surface area contributed by atoms with E-state index in [0.29, 0.717) is 47.3 Å². The molecule has 1 aliphatic carbocycles. The predicted octanol–water partition coefficient (Wildman–Crippen LogP) is 4.93. The Morgan fingerprint density at radius 2 is 1.74 bits per heavy atom. The zero-order valence-corrected chi connectivity index (χ0v) is 37.3. The minimum atomic E-state index is -1.59. The van der Waals surface area contributed by atoms with E-state index in [1.807, 2.05) is 6.92 Å². The minimum absolute atomic E-state index is 0.0220. The molecule has 4 heterocycles. The summed E-state index contributed by atoms with van der Waals surface area (Å²) in [7, 11) is 3.58. The van der Waals surface area contributed by atoms with Gasteiger partial charge in [-0.1, -0.05) is 49.1 Å². The van der Waals surface area contributed by atoms with Crippen LogP contribution in [0.2, 0.25) is 0 Å². The highest BCUT2D eigenvalue weighted by atomic mass is 19.1. The summed E-state index contributed by atoms with van der Waals surface area (Å²) < 4.78 is 26.0. The summed E-state index contributed by atoms with van der Waals surface area (Å²) in [6.07, 6.45) is 5.34. The quantitative estimate of drug-likeness (QED) is 0.0932. The van der Waals surface area contributed by atoms with E-state index >= 15 is 0 Å². The standard InChI is InChI=1S/C50H54FN7O8/c1-4-33-39(55-47(62)44(33)51)27-66-48-36-23-41(65-3)37(45(52)60)22-35(36)32(24-54-48)17-16-28-8-12-30(13-9-28)25-57(2)26-31-14-10-29(11-15-31)20-21-53-38-7-5-6-34-43(38)50(64)58(49(34)63)40-18-19-42(59)56-46(40)61/h5-7,10-11,14-15,22-24,28,30,33,39-40,44,53H,4,8-9,12-13,18-21,25-27H2,1-3H3,(H2,52,60)(H,55,62)(H,56,59,61)/t28-,30-,33-,39+,40?,44-/m0/s1. The number of halogens is 1. The normalized spacial score (nSPS) is 22.7. The number of hydrogen-bond acceptors (Lipinski definition) is 11. The molecule has 0 spiro atoms. The molecule has 15 nitrogen and oxygen atoms in total. The fourth-order valence-electron chi connectivity index (χ4n) is 9.71. The number of rotatable bonds is 15. The van der Waals surface area contributed by atoms with E-state index < -0.39 is 59.6 Å². The monoisotopic (exact) mass is 899 g/mol. The number of nitrogens with one attached hydrogen (secondary N) is 3. The van der Waals surface area contributed by atoms with Crippen molar-refractivity contribution in [3.8, 4) is 23.5 Å². The van der Waals surface area contributed by atoms with Gasteiger partial charge in [0.1, 0.15) is 18.4 Å². The second-order valence-electron chi connectivity index (χ2n) is 17.7. The minimum Gasteiger partial charge on any atom is -0.496 e. The maximum atomic E-state index is 14.5. The number of hydrogen-bond donors (Lipinski definition) is 4. The van der Waals surface area contributed by atoms with E-state index in [-0.39, 0.29) is 53.7 Å². The van der Waals surface area contributed by atoms with Gasteiger partial charge in [0.25, 0.3) is 23.6 Å². The van der Waals surface area contributed by atoms with Crippen LogP contribution in [0.3, 0.4) is 0 Å². The van der Waals surface area contributed by atoms with Crippen LogP contribution in [-0.4, -0.2) is 102 Å². The second kappa shape index (κ2) is 19.7. The Morgan fingerprint density at radius 1 is 0.985 bits per heavy atom. The number of benzene rings is 3. The van der Waals surface area contributed by atoms with Gasteiger partial charge in [-0.25, -0.2) is 9.37 Å². The van der Waals surface area contributed by atoms with Crippen LogP contribution in [0.5, 0.6) is 11.6 Å². The predicted molar refractivity (Wildman–Crippen MR) is 243 cm³/mol. The Kier molecular flexibility index (Phi) is 13.6. The van der Waals surface area contributed by atoms with Gasteiger partial charge in [0.05, 0.1) is 35.4 Å². The SMILES string of the molecule is CC[C@@H]1[C@H](F)C(=O)N[C@@H]1COc1ncc(C#C[C@H]2CC[C@H](CN(C)Cc3ccc(CCNc4cccc5c4C(=O)N(C4CCC(=O)NC4=O)C5=O)cc3)CC2)c2cc(C(N)=O)c(OC)cc12. The fraction of sp³-hybridized carbons (Fsp3) is 0.420. The molecule has 1 saturated carbocycles. The number of imide groups is 2. The van der Waals surface area contributed by atoms with Crippen molar-refractivity contribution in [2.75, 3.05) is 39.2 Å². The molecular weight excluding hydrogens is 846 g/mol. The van der Waals surface area contributed by atoms with E-state index in [4.69, 9.17) is 15.2 Å². The van der Waals surface area contributed by atoms with E-state index in [0.717, 1.165) is 49.2 Å². The van der Waals surface area contributed by atoms with Gasteiger partial charge in [0.15, 0.2) is 6.17 Å². The second-order valence-corrected chi connectivity index (χ2v) is 17.7. The number of fused-ring (bicyclic) bond motifs is 2. The molecule has 5 N–H and O–H groups in total. The number of primary amides is 1. The number of amides is 6. The molecule has 4 aliphatic rings. The molecule has 2 saturated heterocycles. The van der Waals surface area contributed by atoms with Crippen molar-refractivity contribution in [1.29, 1.82) is 0 Å². The van der Waals surface area contributed by atoms with Gasteiger partial charge in [0, 0.05) is 60.5 Å². The summed E-state index contributed by atoms with van der Waals surface area (Å²) in [5.74, 6) is 4.10. The summed E-state index contributed by atoms with van der Waals surface area (Å²) in [5, 5.41) is 9.41. The van der Waals surface area contributed by atoms with Crippen LogP contribution in [0.1, 0.15) is 99.6 Å². The number of piperidine rings is 1. The van der Waals surface area contributed by atoms with Crippen LogP contribution in [0.4, 0.5) is 10.1 Å². The zero-order chi connectivity index (χ0) is 46.6. The molecule has 1 aromatic heterocycles. The first-order valence-corrected chi connectivity index (χ1v) is 22.6. The molecule has 6 amide bonds. The number of pyridine rings is 1. The molecule has 3 aliphatic heterocycles. The van der Waals surface area contributed by atoms with Gasteiger partial charge in [-0.2, -0.15) is 0 Å². The van der Waals surface area contributed by atoms with Crippen LogP contribution in [0.15, 0.2) is 60.8 Å². The van der Waals surface area contributed by atoms with Crippen LogP contribution in [0.25, 0.3) is 10.8 Å².